The molecule has 1 amide bonds. The van der Waals surface area contributed by atoms with Crippen molar-refractivity contribution in [3.8, 4) is 34.3 Å². The SMILES string of the molecule is CCNC(=O)c1nnc(-c2cc(C(C)C)c(O)cc2O)n1-c1ccc(OC2CCN(c3ncnc(N4CCC(C(=O)O[C@@H](C(=O)O)[C@@H](NO)c5ccccc5)CC4)n3)CC2)cc1. The van der Waals surface area contributed by atoms with Crippen LogP contribution in [0.3, 0.4) is 0 Å². The Hall–Kier alpha value is -6.86. The van der Waals surface area contributed by atoms with Crippen molar-refractivity contribution in [3.05, 3.63) is 90.0 Å². The molecule has 5 aromatic rings. The maximum absolute atomic E-state index is 13.1. The van der Waals surface area contributed by atoms with Gasteiger partial charge in [0.1, 0.15) is 35.7 Å². The van der Waals surface area contributed by atoms with Gasteiger partial charge in [0.05, 0.1) is 11.5 Å². The van der Waals surface area contributed by atoms with Crippen LogP contribution < -0.4 is 25.3 Å². The van der Waals surface area contributed by atoms with Gasteiger partial charge in [0, 0.05) is 57.3 Å². The largest absolute Gasteiger partial charge is 0.508 e. The lowest BCUT2D eigenvalue weighted by atomic mass is 9.96. The third kappa shape index (κ3) is 9.53. The lowest BCUT2D eigenvalue weighted by molar-refractivity contribution is -0.172. The normalized spacial score (nSPS) is 15.9. The summed E-state index contributed by atoms with van der Waals surface area (Å²) in [6.07, 6.45) is 1.94. The van der Waals surface area contributed by atoms with Gasteiger partial charge in [-0.15, -0.1) is 10.2 Å². The van der Waals surface area contributed by atoms with Crippen LogP contribution in [0.25, 0.3) is 17.1 Å². The molecule has 326 valence electrons. The summed E-state index contributed by atoms with van der Waals surface area (Å²) in [5.74, 6) is -1.38. The summed E-state index contributed by atoms with van der Waals surface area (Å²) in [5, 5.41) is 52.1. The van der Waals surface area contributed by atoms with Gasteiger partial charge in [-0.2, -0.15) is 10.5 Å². The van der Waals surface area contributed by atoms with E-state index in [1.54, 1.807) is 60.0 Å². The molecule has 0 aliphatic carbocycles. The van der Waals surface area contributed by atoms with Crippen molar-refractivity contribution in [2.75, 3.05) is 42.5 Å². The number of phenols is 2. The second kappa shape index (κ2) is 19.2. The Bertz CT molecular complexity index is 2350. The highest BCUT2D eigenvalue weighted by Crippen LogP contribution is 2.38. The molecule has 3 aromatic carbocycles. The lowest BCUT2D eigenvalue weighted by Gasteiger charge is -2.34. The van der Waals surface area contributed by atoms with Gasteiger partial charge in [-0.05, 0) is 67.1 Å². The van der Waals surface area contributed by atoms with Gasteiger partial charge < -0.3 is 45.1 Å². The maximum atomic E-state index is 13.1. The Morgan fingerprint density at radius 2 is 1.50 bits per heavy atom. The highest BCUT2D eigenvalue weighted by molar-refractivity contribution is 5.92. The van der Waals surface area contributed by atoms with Gasteiger partial charge in [0.25, 0.3) is 5.91 Å². The van der Waals surface area contributed by atoms with E-state index in [-0.39, 0.29) is 35.2 Å². The minimum absolute atomic E-state index is 0.0357. The molecular weight excluding hydrogens is 801 g/mol. The standard InChI is InChI=1S/C43H50N10O9/c1-4-44-39(56)38-49-48-37(32-22-31(25(2)3)33(54)23-34(32)55)53(38)28-10-12-29(13-11-28)61-30-16-20-52(21-17-30)43-46-24-45-42(47-43)51-18-14-27(15-19-51)41(59)62-36(40(57)58)35(50-60)26-8-6-5-7-9-26/h5-13,22-25,27,30,35-36,50,54-55,60H,4,14-21H2,1-3H3,(H,44,56)(H,57,58)/t35-,36+/m0/s1. The fourth-order valence-electron chi connectivity index (χ4n) is 7.72. The highest BCUT2D eigenvalue weighted by Gasteiger charge is 2.37. The van der Waals surface area contributed by atoms with Crippen molar-refractivity contribution in [1.82, 2.24) is 40.5 Å². The molecule has 0 unspecified atom stereocenters. The first-order valence-electron chi connectivity index (χ1n) is 20.6. The number of rotatable bonds is 15. The zero-order chi connectivity index (χ0) is 43.9. The summed E-state index contributed by atoms with van der Waals surface area (Å²) in [5.41, 5.74) is 3.94. The number of hydroxylamine groups is 1. The number of piperidine rings is 2. The number of phenolic OH excluding ortho intramolecular Hbond substituents is 2. The third-order valence-electron chi connectivity index (χ3n) is 11.1. The molecule has 2 aromatic heterocycles. The van der Waals surface area contributed by atoms with Gasteiger partial charge in [0.15, 0.2) is 5.82 Å². The first-order valence-corrected chi connectivity index (χ1v) is 20.6. The second-order valence-corrected chi connectivity index (χ2v) is 15.5. The van der Waals surface area contributed by atoms with E-state index in [2.05, 4.69) is 30.4 Å². The molecule has 19 heteroatoms. The van der Waals surface area contributed by atoms with E-state index in [4.69, 9.17) is 14.5 Å². The van der Waals surface area contributed by atoms with E-state index >= 15 is 0 Å². The molecule has 2 fully saturated rings. The highest BCUT2D eigenvalue weighted by atomic mass is 16.6. The van der Waals surface area contributed by atoms with E-state index in [9.17, 15) is 34.9 Å². The molecule has 2 aliphatic heterocycles. The molecule has 2 aliphatic rings. The first kappa shape index (κ1) is 43.2. The quantitative estimate of drug-likeness (QED) is 0.0631. The van der Waals surface area contributed by atoms with Gasteiger partial charge in [-0.3, -0.25) is 14.2 Å². The number of hydrogen-bond acceptors (Lipinski definition) is 16. The van der Waals surface area contributed by atoms with Crippen molar-refractivity contribution in [1.29, 1.82) is 0 Å². The van der Waals surface area contributed by atoms with Crippen molar-refractivity contribution >= 4 is 29.7 Å². The topological polar surface area (TPSA) is 251 Å². The summed E-state index contributed by atoms with van der Waals surface area (Å²) in [6.45, 7) is 8.18. The van der Waals surface area contributed by atoms with E-state index in [0.717, 1.165) is 0 Å². The average molecular weight is 851 g/mol. The van der Waals surface area contributed by atoms with Gasteiger partial charge in [-0.25, -0.2) is 14.8 Å². The number of aromatic nitrogens is 6. The Labute approximate surface area is 357 Å². The molecule has 2 atom stereocenters. The number of carboxylic acid groups (broad SMARTS) is 1. The van der Waals surface area contributed by atoms with Crippen LogP contribution in [0.1, 0.15) is 80.2 Å². The molecule has 19 nitrogen and oxygen atoms in total. The number of aromatic hydroxyl groups is 2. The fraction of sp³-hybridized carbons (Fsp3) is 0.395. The van der Waals surface area contributed by atoms with Crippen LogP contribution in [0.5, 0.6) is 17.2 Å². The fourth-order valence-corrected chi connectivity index (χ4v) is 7.72. The number of hydrogen-bond donors (Lipinski definition) is 6. The van der Waals surface area contributed by atoms with Crippen LogP contribution in [0, 0.1) is 5.92 Å². The molecule has 0 saturated carbocycles. The van der Waals surface area contributed by atoms with Gasteiger partial charge >= 0.3 is 11.9 Å². The zero-order valence-electron chi connectivity index (χ0n) is 34.6. The number of amides is 1. The predicted molar refractivity (Wildman–Crippen MR) is 224 cm³/mol. The van der Waals surface area contributed by atoms with Crippen LogP contribution in [0.2, 0.25) is 0 Å². The molecule has 2 saturated heterocycles. The van der Waals surface area contributed by atoms with Crippen LogP contribution in [-0.4, -0.2) is 113 Å². The molecule has 0 radical (unpaired) electrons. The summed E-state index contributed by atoms with van der Waals surface area (Å²) in [4.78, 5) is 55.9. The average Bonchev–Trinajstić information content (AvgIpc) is 3.72. The number of carboxylic acids is 1. The molecular formula is C43H50N10O9. The van der Waals surface area contributed by atoms with Crippen molar-refractivity contribution in [2.24, 2.45) is 5.92 Å². The second-order valence-electron chi connectivity index (χ2n) is 15.5. The van der Waals surface area contributed by atoms with Crippen LogP contribution in [-0.2, 0) is 14.3 Å². The Balaban J connectivity index is 0.951. The minimum Gasteiger partial charge on any atom is -0.508 e. The first-order chi connectivity index (χ1) is 29.9. The molecule has 0 bridgehead atoms. The maximum Gasteiger partial charge on any atom is 0.347 e. The van der Waals surface area contributed by atoms with E-state index in [0.29, 0.717) is 98.4 Å². The Morgan fingerprint density at radius 1 is 0.855 bits per heavy atom. The number of anilines is 2. The summed E-state index contributed by atoms with van der Waals surface area (Å²) in [7, 11) is 0. The molecule has 6 N–H and O–H groups in total. The zero-order valence-corrected chi connectivity index (χ0v) is 34.6. The van der Waals surface area contributed by atoms with Crippen molar-refractivity contribution in [3.63, 3.8) is 0 Å². The van der Waals surface area contributed by atoms with Crippen LogP contribution in [0.15, 0.2) is 73.1 Å². The number of nitrogens with one attached hydrogen (secondary N) is 2. The van der Waals surface area contributed by atoms with E-state index in [1.807, 2.05) is 36.4 Å². The number of esters is 1. The molecule has 7 rings (SSSR count). The third-order valence-corrected chi connectivity index (χ3v) is 11.1. The number of carbonyl (C=O) groups is 3. The number of ether oxygens (including phenoxy) is 2. The molecule has 62 heavy (non-hydrogen) atoms. The van der Waals surface area contributed by atoms with Crippen molar-refractivity contribution in [2.45, 2.75) is 70.6 Å². The molecule has 0 spiro atoms. The number of nitrogens with zero attached hydrogens (tertiary/aromatic N) is 8. The number of aliphatic carboxylic acids is 1. The summed E-state index contributed by atoms with van der Waals surface area (Å²) < 4.78 is 13.4. The van der Waals surface area contributed by atoms with Crippen LogP contribution in [0.4, 0.5) is 11.9 Å². The van der Waals surface area contributed by atoms with Crippen LogP contribution >= 0.6 is 0 Å². The Morgan fingerprint density at radius 3 is 2.10 bits per heavy atom. The number of carbonyl (C=O) groups excluding carboxylic acids is 2. The lowest BCUT2D eigenvalue weighted by Crippen LogP contribution is -2.43. The monoisotopic (exact) mass is 850 g/mol. The Kier molecular flexibility index (Phi) is 13.4. The molecule has 4 heterocycles. The van der Waals surface area contributed by atoms with Crippen molar-refractivity contribution < 1.29 is 44.4 Å². The van der Waals surface area contributed by atoms with Gasteiger partial charge in [0.2, 0.25) is 23.8 Å². The summed E-state index contributed by atoms with van der Waals surface area (Å²) >= 11 is 0. The minimum atomic E-state index is -1.63. The summed E-state index contributed by atoms with van der Waals surface area (Å²) in [6, 6.07) is 17.4. The predicted octanol–water partition coefficient (Wildman–Crippen LogP) is 4.38. The smallest absolute Gasteiger partial charge is 0.347 e. The van der Waals surface area contributed by atoms with E-state index < -0.39 is 35.9 Å². The van der Waals surface area contributed by atoms with E-state index in [1.165, 1.54) is 12.4 Å². The number of benzene rings is 3. The van der Waals surface area contributed by atoms with Gasteiger partial charge in [-0.1, -0.05) is 44.2 Å².